The molecular weight excluding hydrogens is 206 g/mol. The lowest BCUT2D eigenvalue weighted by atomic mass is 10.3. The summed E-state index contributed by atoms with van der Waals surface area (Å²) in [5.41, 5.74) is 6.24. The largest absolute Gasteiger partial charge is 0.491 e. The van der Waals surface area contributed by atoms with Crippen molar-refractivity contribution in [3.05, 3.63) is 24.3 Å². The molecule has 0 aromatic heterocycles. The van der Waals surface area contributed by atoms with Crippen molar-refractivity contribution in [2.24, 2.45) is 0 Å². The van der Waals surface area contributed by atoms with Gasteiger partial charge >= 0.3 is 0 Å². The first-order chi connectivity index (χ1) is 7.72. The van der Waals surface area contributed by atoms with Crippen LogP contribution in [-0.4, -0.2) is 31.0 Å². The number of hydrogen-bond acceptors (Lipinski definition) is 4. The van der Waals surface area contributed by atoms with Gasteiger partial charge in [-0.25, -0.2) is 0 Å². The zero-order valence-corrected chi connectivity index (χ0v) is 9.56. The maximum Gasteiger partial charge on any atom is 0.121 e. The van der Waals surface area contributed by atoms with Crippen molar-refractivity contribution >= 4 is 5.69 Å². The van der Waals surface area contributed by atoms with Gasteiger partial charge in [-0.15, -0.1) is 0 Å². The molecule has 1 aromatic rings. The van der Waals surface area contributed by atoms with Crippen LogP contribution in [0.15, 0.2) is 24.3 Å². The Hall–Kier alpha value is -1.26. The zero-order chi connectivity index (χ0) is 11.8. The average molecular weight is 225 g/mol. The third-order valence-corrected chi connectivity index (χ3v) is 1.96. The summed E-state index contributed by atoms with van der Waals surface area (Å²) in [5.74, 6) is 0.662. The summed E-state index contributed by atoms with van der Waals surface area (Å²) in [6.45, 7) is 3.20. The van der Waals surface area contributed by atoms with Crippen LogP contribution in [0.5, 0.6) is 5.75 Å². The summed E-state index contributed by atoms with van der Waals surface area (Å²) in [4.78, 5) is 0. The standard InChI is InChI=1S/C12H19NO3/c1-2-6-15-8-11(14)9-16-12-5-3-4-10(13)7-12/h3-5,7,11,14H,2,6,8-9,13H2,1H3. The number of nitrogens with two attached hydrogens (primary N) is 1. The molecule has 1 atom stereocenters. The molecule has 90 valence electrons. The van der Waals surface area contributed by atoms with E-state index in [1.54, 1.807) is 18.2 Å². The molecule has 0 radical (unpaired) electrons. The average Bonchev–Trinajstić information content (AvgIpc) is 2.27. The molecule has 0 aliphatic rings. The second kappa shape index (κ2) is 7.09. The fraction of sp³-hybridized carbons (Fsp3) is 0.500. The highest BCUT2D eigenvalue weighted by Gasteiger charge is 2.05. The van der Waals surface area contributed by atoms with Gasteiger partial charge in [0.2, 0.25) is 0 Å². The number of benzene rings is 1. The second-order valence-corrected chi connectivity index (χ2v) is 3.61. The van der Waals surface area contributed by atoms with Crippen LogP contribution in [0.1, 0.15) is 13.3 Å². The van der Waals surface area contributed by atoms with Crippen molar-refractivity contribution in [1.82, 2.24) is 0 Å². The molecule has 16 heavy (non-hydrogen) atoms. The lowest BCUT2D eigenvalue weighted by Gasteiger charge is -2.12. The van der Waals surface area contributed by atoms with Gasteiger partial charge < -0.3 is 20.3 Å². The molecule has 4 heteroatoms. The van der Waals surface area contributed by atoms with Crippen LogP contribution < -0.4 is 10.5 Å². The van der Waals surface area contributed by atoms with E-state index in [0.717, 1.165) is 6.42 Å². The minimum Gasteiger partial charge on any atom is -0.491 e. The molecular formula is C12H19NO3. The first-order valence-electron chi connectivity index (χ1n) is 5.46. The van der Waals surface area contributed by atoms with Crippen LogP contribution in [-0.2, 0) is 4.74 Å². The van der Waals surface area contributed by atoms with Crippen LogP contribution in [0.3, 0.4) is 0 Å². The minimum absolute atomic E-state index is 0.215. The first-order valence-corrected chi connectivity index (χ1v) is 5.46. The number of rotatable bonds is 7. The molecule has 0 heterocycles. The van der Waals surface area contributed by atoms with Crippen molar-refractivity contribution < 1.29 is 14.6 Å². The molecule has 0 aliphatic heterocycles. The highest BCUT2D eigenvalue weighted by Crippen LogP contribution is 2.14. The smallest absolute Gasteiger partial charge is 0.121 e. The Kier molecular flexibility index (Phi) is 5.67. The van der Waals surface area contributed by atoms with Crippen molar-refractivity contribution in [1.29, 1.82) is 0 Å². The zero-order valence-electron chi connectivity index (χ0n) is 9.56. The quantitative estimate of drug-likeness (QED) is 0.544. The highest BCUT2D eigenvalue weighted by molar-refractivity contribution is 5.43. The molecule has 1 aromatic carbocycles. The Labute approximate surface area is 96.0 Å². The van der Waals surface area contributed by atoms with Gasteiger partial charge in [0.1, 0.15) is 18.5 Å². The van der Waals surface area contributed by atoms with Crippen LogP contribution in [0.2, 0.25) is 0 Å². The van der Waals surface area contributed by atoms with Gasteiger partial charge in [0, 0.05) is 18.4 Å². The molecule has 1 unspecified atom stereocenters. The van der Waals surface area contributed by atoms with E-state index in [0.29, 0.717) is 24.7 Å². The van der Waals surface area contributed by atoms with Crippen LogP contribution in [0, 0.1) is 0 Å². The third-order valence-electron chi connectivity index (χ3n) is 1.96. The van der Waals surface area contributed by atoms with E-state index in [1.165, 1.54) is 0 Å². The predicted molar refractivity (Wildman–Crippen MR) is 63.5 cm³/mol. The molecule has 3 N–H and O–H groups in total. The number of aliphatic hydroxyl groups is 1. The number of aliphatic hydroxyl groups excluding tert-OH is 1. The topological polar surface area (TPSA) is 64.7 Å². The normalized spacial score (nSPS) is 12.4. The fourth-order valence-corrected chi connectivity index (χ4v) is 1.21. The van der Waals surface area contributed by atoms with E-state index in [2.05, 4.69) is 0 Å². The summed E-state index contributed by atoms with van der Waals surface area (Å²) >= 11 is 0. The molecule has 0 saturated heterocycles. The van der Waals surface area contributed by atoms with E-state index in [-0.39, 0.29) is 6.61 Å². The number of nitrogen functional groups attached to an aromatic ring is 1. The number of hydrogen-bond donors (Lipinski definition) is 2. The molecule has 0 amide bonds. The van der Waals surface area contributed by atoms with Gasteiger partial charge in [-0.3, -0.25) is 0 Å². The van der Waals surface area contributed by atoms with Gasteiger partial charge in [0.25, 0.3) is 0 Å². The van der Waals surface area contributed by atoms with Crippen LogP contribution >= 0.6 is 0 Å². The summed E-state index contributed by atoms with van der Waals surface area (Å²) in [6, 6.07) is 7.12. The van der Waals surface area contributed by atoms with Crippen LogP contribution in [0.4, 0.5) is 5.69 Å². The van der Waals surface area contributed by atoms with Gasteiger partial charge in [-0.1, -0.05) is 13.0 Å². The Bertz CT molecular complexity index is 304. The highest BCUT2D eigenvalue weighted by atomic mass is 16.5. The number of anilines is 1. The summed E-state index contributed by atoms with van der Waals surface area (Å²) in [7, 11) is 0. The maximum atomic E-state index is 9.53. The molecule has 0 spiro atoms. The molecule has 0 saturated carbocycles. The molecule has 1 rings (SSSR count). The van der Waals surface area contributed by atoms with E-state index in [4.69, 9.17) is 15.2 Å². The van der Waals surface area contributed by atoms with Crippen molar-refractivity contribution in [3.8, 4) is 5.75 Å². The van der Waals surface area contributed by atoms with Crippen molar-refractivity contribution in [2.75, 3.05) is 25.6 Å². The third kappa shape index (κ3) is 5.00. The molecule has 0 aliphatic carbocycles. The van der Waals surface area contributed by atoms with E-state index in [1.807, 2.05) is 13.0 Å². The van der Waals surface area contributed by atoms with E-state index >= 15 is 0 Å². The fourth-order valence-electron chi connectivity index (χ4n) is 1.21. The summed E-state index contributed by atoms with van der Waals surface area (Å²) in [5, 5.41) is 9.53. The van der Waals surface area contributed by atoms with E-state index < -0.39 is 6.10 Å². The molecule has 0 fully saturated rings. The SMILES string of the molecule is CCCOCC(O)COc1cccc(N)c1. The maximum absolute atomic E-state index is 9.53. The molecule has 0 bridgehead atoms. The van der Waals surface area contributed by atoms with Crippen molar-refractivity contribution in [2.45, 2.75) is 19.4 Å². The Morgan fingerprint density at radius 3 is 2.88 bits per heavy atom. The van der Waals surface area contributed by atoms with Gasteiger partial charge in [0.05, 0.1) is 6.61 Å². The lowest BCUT2D eigenvalue weighted by Crippen LogP contribution is -2.23. The number of ether oxygens (including phenoxy) is 2. The summed E-state index contributed by atoms with van der Waals surface area (Å²) in [6.07, 6.45) is 0.343. The molecule has 4 nitrogen and oxygen atoms in total. The van der Waals surface area contributed by atoms with Crippen molar-refractivity contribution in [3.63, 3.8) is 0 Å². The minimum atomic E-state index is -0.604. The monoisotopic (exact) mass is 225 g/mol. The van der Waals surface area contributed by atoms with Crippen LogP contribution in [0.25, 0.3) is 0 Å². The first kappa shape index (κ1) is 12.8. The predicted octanol–water partition coefficient (Wildman–Crippen LogP) is 1.44. The second-order valence-electron chi connectivity index (χ2n) is 3.61. The Morgan fingerprint density at radius 2 is 2.19 bits per heavy atom. The van der Waals surface area contributed by atoms with Gasteiger partial charge in [-0.05, 0) is 18.6 Å². The lowest BCUT2D eigenvalue weighted by molar-refractivity contribution is 0.0123. The van der Waals surface area contributed by atoms with Gasteiger partial charge in [-0.2, -0.15) is 0 Å². The van der Waals surface area contributed by atoms with E-state index in [9.17, 15) is 5.11 Å². The summed E-state index contributed by atoms with van der Waals surface area (Å²) < 4.78 is 10.6. The Morgan fingerprint density at radius 1 is 1.38 bits per heavy atom. The van der Waals surface area contributed by atoms with Gasteiger partial charge in [0.15, 0.2) is 0 Å². The Balaban J connectivity index is 2.23.